The molecule has 19 heteroatoms. The summed E-state index contributed by atoms with van der Waals surface area (Å²) in [6.07, 6.45) is -6.11. The number of fused-ring (bicyclic) bond motifs is 1. The van der Waals surface area contributed by atoms with Crippen molar-refractivity contribution in [1.82, 2.24) is 15.0 Å². The van der Waals surface area contributed by atoms with Gasteiger partial charge in [-0.25, -0.2) is 28.7 Å². The number of aromatic amines is 1. The van der Waals surface area contributed by atoms with Gasteiger partial charge in [0.2, 0.25) is 0 Å². The summed E-state index contributed by atoms with van der Waals surface area (Å²) in [5.74, 6) is -5.36. The quantitative estimate of drug-likeness (QED) is 0.0723. The minimum Gasteiger partial charge on any atom is -0.491 e. The fourth-order valence-electron chi connectivity index (χ4n) is 4.98. The number of nitrogens with one attached hydrogen (secondary N) is 2. The number of anilines is 2. The van der Waals surface area contributed by atoms with Crippen LogP contribution >= 0.6 is 0 Å². The Morgan fingerprint density at radius 2 is 1.60 bits per heavy atom. The summed E-state index contributed by atoms with van der Waals surface area (Å²) in [5.41, 5.74) is 10.4. The van der Waals surface area contributed by atoms with Crippen LogP contribution in [-0.4, -0.2) is 69.1 Å². The van der Waals surface area contributed by atoms with E-state index >= 15 is 4.39 Å². The monoisotopic (exact) mass is 781 g/mol. The van der Waals surface area contributed by atoms with Crippen molar-refractivity contribution >= 4 is 40.2 Å². The van der Waals surface area contributed by atoms with Gasteiger partial charge in [0.25, 0.3) is 0 Å². The Bertz CT molecular complexity index is 2130. The molecule has 2 aromatic heterocycles. The van der Waals surface area contributed by atoms with Crippen LogP contribution in [0.25, 0.3) is 22.0 Å². The number of benzene rings is 3. The number of rotatable bonds is 9. The van der Waals surface area contributed by atoms with Crippen LogP contribution < -0.4 is 15.8 Å². The molecule has 0 radical (unpaired) electrons. The predicted molar refractivity (Wildman–Crippen MR) is 186 cm³/mol. The summed E-state index contributed by atoms with van der Waals surface area (Å²) in [6, 6.07) is 15.9. The lowest BCUT2D eigenvalue weighted by atomic mass is 9.99. The van der Waals surface area contributed by atoms with E-state index < -0.39 is 42.1 Å². The van der Waals surface area contributed by atoms with Gasteiger partial charge in [0, 0.05) is 34.6 Å². The highest BCUT2D eigenvalue weighted by Gasteiger charge is 2.39. The molecule has 1 unspecified atom stereocenters. The Morgan fingerprint density at radius 3 is 2.16 bits per heavy atom. The Kier molecular flexibility index (Phi) is 14.1. The lowest BCUT2D eigenvalue weighted by Crippen LogP contribution is -2.21. The number of aliphatic carboxylic acids is 2. The fraction of sp³-hybridized carbons (Fsp3) is 0.250. The number of nitrogens with zero attached hydrogens (tertiary/aromatic N) is 2. The molecule has 55 heavy (non-hydrogen) atoms. The first-order valence-corrected chi connectivity index (χ1v) is 15.9. The molecule has 0 spiro atoms. The number of aryl methyl sites for hydroxylation is 2. The van der Waals surface area contributed by atoms with Crippen LogP contribution in [0.2, 0.25) is 0 Å². The van der Waals surface area contributed by atoms with Gasteiger partial charge in [-0.2, -0.15) is 26.3 Å². The highest BCUT2D eigenvalue weighted by molar-refractivity contribution is 5.98. The Hall–Kier alpha value is -6.40. The summed E-state index contributed by atoms with van der Waals surface area (Å²) in [5, 5.41) is 19.4. The second kappa shape index (κ2) is 18.1. The number of nitrogens with two attached hydrogens (primary N) is 1. The van der Waals surface area contributed by atoms with Crippen molar-refractivity contribution in [3.63, 3.8) is 0 Å². The number of hydrogen-bond donors (Lipinski definition) is 5. The molecule has 0 saturated heterocycles. The first-order chi connectivity index (χ1) is 25.7. The molecule has 0 aliphatic carbocycles. The number of carbonyl (C=O) groups excluding carboxylic acids is 1. The standard InChI is InChI=1S/C32H32FN5O3.2C2HF3O2/c1-5-19-14-24(28(33)26(15-19)41-6-2)29(37-21-10-11-22-20(16-21)12-13-35-30(22)34)31-36-17-25(38-31)23-9-7-8-18(3)27(23)32(39)40-4;2*3-2(4,5)1(6)7/h7-17,29,37H,5-6H2,1-4H3,(H2,34,35)(H,36,38);2*(H,6,7). The molecule has 0 aliphatic rings. The number of pyridine rings is 1. The molecule has 0 aliphatic heterocycles. The number of carbonyl (C=O) groups is 3. The van der Waals surface area contributed by atoms with Crippen molar-refractivity contribution in [2.24, 2.45) is 0 Å². The highest BCUT2D eigenvalue weighted by Crippen LogP contribution is 2.35. The molecule has 6 N–H and O–H groups in total. The molecule has 5 aromatic rings. The number of halogens is 7. The van der Waals surface area contributed by atoms with Gasteiger partial charge in [-0.3, -0.25) is 0 Å². The van der Waals surface area contributed by atoms with E-state index in [4.69, 9.17) is 40.0 Å². The van der Waals surface area contributed by atoms with E-state index in [2.05, 4.69) is 15.3 Å². The third kappa shape index (κ3) is 11.1. The Morgan fingerprint density at radius 1 is 0.964 bits per heavy atom. The SMILES string of the molecule is CCOc1cc(CC)cc(C(Nc2ccc3c(N)nccc3c2)c2nc(-c3cccc(C)c3C(=O)OC)c[nH]2)c1F.O=C(O)C(F)(F)F.O=C(O)C(F)(F)F. The smallest absolute Gasteiger partial charge is 0.490 e. The number of aromatic nitrogens is 3. The first-order valence-electron chi connectivity index (χ1n) is 15.9. The molecule has 0 saturated carbocycles. The predicted octanol–water partition coefficient (Wildman–Crippen LogP) is 7.87. The van der Waals surface area contributed by atoms with E-state index in [1.807, 2.05) is 69.3 Å². The zero-order valence-corrected chi connectivity index (χ0v) is 29.4. The van der Waals surface area contributed by atoms with Crippen molar-refractivity contribution in [1.29, 1.82) is 0 Å². The van der Waals surface area contributed by atoms with Gasteiger partial charge in [0.15, 0.2) is 11.6 Å². The molecule has 294 valence electrons. The van der Waals surface area contributed by atoms with Crippen LogP contribution in [0.15, 0.2) is 67.0 Å². The normalized spacial score (nSPS) is 11.7. The summed E-state index contributed by atoms with van der Waals surface area (Å²) in [7, 11) is 1.35. The largest absolute Gasteiger partial charge is 0.491 e. The zero-order chi connectivity index (χ0) is 41.2. The van der Waals surface area contributed by atoms with Crippen LogP contribution in [0.5, 0.6) is 5.75 Å². The Labute approximate surface area is 308 Å². The molecule has 2 heterocycles. The molecular formula is C36H34F7N5O7. The van der Waals surface area contributed by atoms with Crippen molar-refractivity contribution in [3.8, 4) is 17.0 Å². The van der Waals surface area contributed by atoms with Crippen LogP contribution in [0.1, 0.15) is 52.8 Å². The van der Waals surface area contributed by atoms with Gasteiger partial charge in [-0.05, 0) is 67.1 Å². The second-order valence-electron chi connectivity index (χ2n) is 11.3. The molecular weight excluding hydrogens is 747 g/mol. The molecule has 5 rings (SSSR count). The fourth-order valence-corrected chi connectivity index (χ4v) is 4.98. The number of ether oxygens (including phenoxy) is 2. The molecule has 12 nitrogen and oxygen atoms in total. The summed E-state index contributed by atoms with van der Waals surface area (Å²) >= 11 is 0. The average molecular weight is 782 g/mol. The van der Waals surface area contributed by atoms with Gasteiger partial charge in [0.05, 0.1) is 25.0 Å². The molecule has 1 atom stereocenters. The van der Waals surface area contributed by atoms with Crippen molar-refractivity contribution < 1.29 is 64.8 Å². The summed E-state index contributed by atoms with van der Waals surface area (Å²) < 4.78 is 90.2. The number of nitrogen functional groups attached to an aromatic ring is 1. The number of carboxylic acids is 2. The number of methoxy groups -OCH3 is 1. The van der Waals surface area contributed by atoms with E-state index in [0.717, 1.165) is 27.6 Å². The average Bonchev–Trinajstić information content (AvgIpc) is 3.61. The third-order valence-corrected chi connectivity index (χ3v) is 7.55. The first kappa shape index (κ1) is 43.0. The number of hydrogen-bond acceptors (Lipinski definition) is 9. The highest BCUT2D eigenvalue weighted by atomic mass is 19.4. The third-order valence-electron chi connectivity index (χ3n) is 7.55. The van der Waals surface area contributed by atoms with Gasteiger partial charge < -0.3 is 35.7 Å². The summed E-state index contributed by atoms with van der Waals surface area (Å²) in [6.45, 7) is 6.00. The molecule has 0 amide bonds. The second-order valence-corrected chi connectivity index (χ2v) is 11.3. The number of carboxylic acid groups (broad SMARTS) is 2. The van der Waals surface area contributed by atoms with Crippen LogP contribution in [-0.2, 0) is 20.7 Å². The zero-order valence-electron chi connectivity index (χ0n) is 29.4. The van der Waals surface area contributed by atoms with E-state index in [1.165, 1.54) is 7.11 Å². The van der Waals surface area contributed by atoms with E-state index in [0.29, 0.717) is 47.1 Å². The lowest BCUT2D eigenvalue weighted by Gasteiger charge is -2.22. The molecule has 0 bridgehead atoms. The minimum atomic E-state index is -5.08. The number of H-pyrrole nitrogens is 1. The van der Waals surface area contributed by atoms with E-state index in [-0.39, 0.29) is 5.75 Å². The molecule has 0 fully saturated rings. The number of esters is 1. The maximum Gasteiger partial charge on any atom is 0.490 e. The Balaban J connectivity index is 0.000000494. The molecule has 3 aromatic carbocycles. The maximum absolute atomic E-state index is 16.0. The van der Waals surface area contributed by atoms with Gasteiger partial charge in [-0.15, -0.1) is 0 Å². The van der Waals surface area contributed by atoms with Gasteiger partial charge >= 0.3 is 30.3 Å². The maximum atomic E-state index is 16.0. The van der Waals surface area contributed by atoms with Crippen LogP contribution in [0.4, 0.5) is 42.2 Å². The van der Waals surface area contributed by atoms with Crippen LogP contribution in [0.3, 0.4) is 0 Å². The van der Waals surface area contributed by atoms with Gasteiger partial charge in [0.1, 0.15) is 17.7 Å². The van der Waals surface area contributed by atoms with Crippen LogP contribution in [0, 0.1) is 12.7 Å². The van der Waals surface area contributed by atoms with Crippen molar-refractivity contribution in [3.05, 3.63) is 101 Å². The number of imidazole rings is 1. The topological polar surface area (TPSA) is 190 Å². The summed E-state index contributed by atoms with van der Waals surface area (Å²) in [4.78, 5) is 42.7. The van der Waals surface area contributed by atoms with E-state index in [9.17, 15) is 31.1 Å². The van der Waals surface area contributed by atoms with Crippen molar-refractivity contribution in [2.75, 3.05) is 24.8 Å². The lowest BCUT2D eigenvalue weighted by molar-refractivity contribution is -0.193. The number of alkyl halides is 6. The van der Waals surface area contributed by atoms with Crippen molar-refractivity contribution in [2.45, 2.75) is 45.6 Å². The van der Waals surface area contributed by atoms with Gasteiger partial charge in [-0.1, -0.05) is 31.2 Å². The minimum absolute atomic E-state index is 0.185. The van der Waals surface area contributed by atoms with E-state index in [1.54, 1.807) is 18.5 Å².